The molecule has 1 aliphatic heterocycles. The van der Waals surface area contributed by atoms with E-state index in [1.165, 1.54) is 0 Å². The molecule has 0 aromatic heterocycles. The summed E-state index contributed by atoms with van der Waals surface area (Å²) in [6, 6.07) is 7.87. The molecule has 1 amide bonds. The van der Waals surface area contributed by atoms with Crippen LogP contribution in [-0.2, 0) is 9.53 Å². The van der Waals surface area contributed by atoms with E-state index in [9.17, 15) is 4.79 Å². The van der Waals surface area contributed by atoms with Crippen molar-refractivity contribution in [3.05, 3.63) is 24.3 Å². The van der Waals surface area contributed by atoms with E-state index in [4.69, 9.17) is 4.74 Å². The first-order valence-electron chi connectivity index (χ1n) is 6.07. The number of ether oxygens (including phenoxy) is 1. The second-order valence-electron chi connectivity index (χ2n) is 4.29. The number of nitrogens with one attached hydrogen (secondary N) is 1. The van der Waals surface area contributed by atoms with Gasteiger partial charge in [-0.15, -0.1) is 0 Å². The van der Waals surface area contributed by atoms with Gasteiger partial charge in [-0.25, -0.2) is 0 Å². The Kier molecular flexibility index (Phi) is 4.21. The Hall–Kier alpha value is -1.29. The molecule has 1 aromatic rings. The van der Waals surface area contributed by atoms with Crippen LogP contribution in [0.1, 0.15) is 12.8 Å². The Labute approximate surface area is 103 Å². The summed E-state index contributed by atoms with van der Waals surface area (Å²) in [5.74, 6) is 0.211. The first-order chi connectivity index (χ1) is 8.29. The summed E-state index contributed by atoms with van der Waals surface area (Å²) < 4.78 is 5.25. The number of benzene rings is 1. The van der Waals surface area contributed by atoms with Crippen molar-refractivity contribution in [1.29, 1.82) is 0 Å². The molecule has 1 saturated heterocycles. The van der Waals surface area contributed by atoms with Gasteiger partial charge in [0.25, 0.3) is 0 Å². The third-order valence-corrected chi connectivity index (χ3v) is 3.10. The van der Waals surface area contributed by atoms with E-state index in [1.54, 1.807) is 0 Å². The predicted octanol–water partition coefficient (Wildman–Crippen LogP) is 1.43. The lowest BCUT2D eigenvalue weighted by Crippen LogP contribution is -2.28. The lowest BCUT2D eigenvalue weighted by molar-refractivity contribution is -0.122. The van der Waals surface area contributed by atoms with Crippen molar-refractivity contribution in [2.45, 2.75) is 19.7 Å². The summed E-state index contributed by atoms with van der Waals surface area (Å²) in [6.07, 6.45) is 1.65. The molecule has 0 bridgehead atoms. The fraction of sp³-hybridized carbons (Fsp3) is 0.462. The molecule has 3 nitrogen and oxygen atoms in total. The minimum absolute atomic E-state index is 0.0983. The molecular weight excluding hydrogens is 213 g/mol. The number of anilines is 1. The normalized spacial score (nSPS) is 16.5. The zero-order valence-electron chi connectivity index (χ0n) is 10.1. The monoisotopic (exact) mass is 230 g/mol. The Bertz CT molecular complexity index is 372. The quantitative estimate of drug-likeness (QED) is 0.797. The third-order valence-electron chi connectivity index (χ3n) is 3.10. The van der Waals surface area contributed by atoms with Gasteiger partial charge in [0.1, 0.15) is 7.28 Å². The lowest BCUT2D eigenvalue weighted by atomic mass is 9.73. The molecule has 0 unspecified atom stereocenters. The van der Waals surface area contributed by atoms with E-state index in [1.807, 2.05) is 38.4 Å². The number of carbonyl (C=O) groups is 1. The van der Waals surface area contributed by atoms with Gasteiger partial charge in [-0.05, 0) is 25.0 Å². The SMILES string of the molecule is C[B]c1ccc(NC(=O)C2CCOCC2)cc1. The number of rotatable bonds is 3. The van der Waals surface area contributed by atoms with Crippen molar-refractivity contribution < 1.29 is 9.53 Å². The van der Waals surface area contributed by atoms with Crippen LogP contribution in [0.4, 0.5) is 5.69 Å². The molecule has 0 atom stereocenters. The van der Waals surface area contributed by atoms with E-state index in [2.05, 4.69) is 5.32 Å². The van der Waals surface area contributed by atoms with Crippen LogP contribution in [0, 0.1) is 5.92 Å². The van der Waals surface area contributed by atoms with Crippen LogP contribution in [0.15, 0.2) is 24.3 Å². The largest absolute Gasteiger partial charge is 0.381 e. The van der Waals surface area contributed by atoms with E-state index >= 15 is 0 Å². The van der Waals surface area contributed by atoms with Crippen LogP contribution < -0.4 is 10.8 Å². The minimum Gasteiger partial charge on any atom is -0.381 e. The summed E-state index contributed by atoms with van der Waals surface area (Å²) in [7, 11) is 2.03. The van der Waals surface area contributed by atoms with Gasteiger partial charge in [-0.1, -0.05) is 24.4 Å². The maximum Gasteiger partial charge on any atom is 0.227 e. The van der Waals surface area contributed by atoms with Gasteiger partial charge in [0.15, 0.2) is 0 Å². The molecule has 0 spiro atoms. The number of carbonyl (C=O) groups excluding carboxylic acids is 1. The van der Waals surface area contributed by atoms with Crippen LogP contribution in [0.5, 0.6) is 0 Å². The van der Waals surface area contributed by atoms with Gasteiger partial charge in [0.2, 0.25) is 5.91 Å². The third kappa shape index (κ3) is 3.33. The molecule has 1 heterocycles. The van der Waals surface area contributed by atoms with Crippen molar-refractivity contribution in [1.82, 2.24) is 0 Å². The van der Waals surface area contributed by atoms with Gasteiger partial charge in [0.05, 0.1) is 0 Å². The predicted molar refractivity (Wildman–Crippen MR) is 69.9 cm³/mol. The average Bonchev–Trinajstić information content (AvgIpc) is 2.40. The van der Waals surface area contributed by atoms with E-state index in [0.717, 1.165) is 24.0 Å². The van der Waals surface area contributed by atoms with E-state index in [-0.39, 0.29) is 11.8 Å². The first-order valence-corrected chi connectivity index (χ1v) is 6.07. The van der Waals surface area contributed by atoms with Crippen molar-refractivity contribution >= 4 is 24.3 Å². The van der Waals surface area contributed by atoms with Gasteiger partial charge in [-0.2, -0.15) is 0 Å². The van der Waals surface area contributed by atoms with E-state index in [0.29, 0.717) is 13.2 Å². The highest BCUT2D eigenvalue weighted by Crippen LogP contribution is 2.17. The van der Waals surface area contributed by atoms with Gasteiger partial charge < -0.3 is 10.1 Å². The van der Waals surface area contributed by atoms with Crippen LogP contribution >= 0.6 is 0 Å². The van der Waals surface area contributed by atoms with Crippen LogP contribution in [0.2, 0.25) is 6.82 Å². The second-order valence-corrected chi connectivity index (χ2v) is 4.29. The molecule has 17 heavy (non-hydrogen) atoms. The lowest BCUT2D eigenvalue weighted by Gasteiger charge is -2.21. The van der Waals surface area contributed by atoms with Crippen LogP contribution in [0.3, 0.4) is 0 Å². The standard InChI is InChI=1S/C13H17BNO2/c1-14-11-2-4-12(5-3-11)15-13(16)10-6-8-17-9-7-10/h2-5,10H,6-9H2,1H3,(H,15,16). The maximum absolute atomic E-state index is 11.9. The van der Waals surface area contributed by atoms with Gasteiger partial charge >= 0.3 is 0 Å². The van der Waals surface area contributed by atoms with Crippen LogP contribution in [-0.4, -0.2) is 26.4 Å². The Morgan fingerprint density at radius 1 is 1.29 bits per heavy atom. The van der Waals surface area contributed by atoms with E-state index < -0.39 is 0 Å². The maximum atomic E-state index is 11.9. The minimum atomic E-state index is 0.0983. The van der Waals surface area contributed by atoms with Crippen molar-refractivity contribution in [2.75, 3.05) is 18.5 Å². The molecule has 1 N–H and O–H groups in total. The molecule has 1 fully saturated rings. The highest BCUT2D eigenvalue weighted by Gasteiger charge is 2.21. The summed E-state index contributed by atoms with van der Waals surface area (Å²) >= 11 is 0. The summed E-state index contributed by atoms with van der Waals surface area (Å²) in [5.41, 5.74) is 2.03. The average molecular weight is 230 g/mol. The molecule has 0 aliphatic carbocycles. The summed E-state index contributed by atoms with van der Waals surface area (Å²) in [5, 5.41) is 2.95. The molecule has 4 heteroatoms. The Morgan fingerprint density at radius 3 is 2.53 bits per heavy atom. The van der Waals surface area contributed by atoms with Crippen molar-refractivity contribution in [2.24, 2.45) is 5.92 Å². The fourth-order valence-corrected chi connectivity index (χ4v) is 1.96. The molecule has 2 rings (SSSR count). The number of hydrogen-bond donors (Lipinski definition) is 1. The fourth-order valence-electron chi connectivity index (χ4n) is 1.96. The van der Waals surface area contributed by atoms with Gasteiger partial charge in [-0.3, -0.25) is 4.79 Å². The summed E-state index contributed by atoms with van der Waals surface area (Å²) in [6.45, 7) is 3.39. The smallest absolute Gasteiger partial charge is 0.227 e. The zero-order valence-corrected chi connectivity index (χ0v) is 10.1. The van der Waals surface area contributed by atoms with Gasteiger partial charge in [0, 0.05) is 24.8 Å². The molecular formula is C13H17BNO2. The van der Waals surface area contributed by atoms with Crippen molar-refractivity contribution in [3.63, 3.8) is 0 Å². The zero-order chi connectivity index (χ0) is 12.1. The van der Waals surface area contributed by atoms with Crippen LogP contribution in [0.25, 0.3) is 0 Å². The molecule has 1 radical (unpaired) electrons. The molecule has 0 saturated carbocycles. The first kappa shape index (κ1) is 12.2. The molecule has 1 aliphatic rings. The highest BCUT2D eigenvalue weighted by molar-refractivity contribution is 6.51. The highest BCUT2D eigenvalue weighted by atomic mass is 16.5. The number of amides is 1. The molecule has 89 valence electrons. The Balaban J connectivity index is 1.92. The van der Waals surface area contributed by atoms with Crippen molar-refractivity contribution in [3.8, 4) is 0 Å². The Morgan fingerprint density at radius 2 is 1.94 bits per heavy atom. The topological polar surface area (TPSA) is 38.3 Å². The molecule has 1 aromatic carbocycles. The summed E-state index contributed by atoms with van der Waals surface area (Å²) in [4.78, 5) is 11.9. The second kappa shape index (κ2) is 5.87. The number of hydrogen-bond acceptors (Lipinski definition) is 2.